The maximum Gasteiger partial charge on any atom is 0.282 e. The predicted molar refractivity (Wildman–Crippen MR) is 129 cm³/mol. The Morgan fingerprint density at radius 1 is 1.03 bits per heavy atom. The summed E-state index contributed by atoms with van der Waals surface area (Å²) in [7, 11) is -2.83. The number of hydrogen-bond acceptors (Lipinski definition) is 5. The molecule has 3 rings (SSSR count). The zero-order chi connectivity index (χ0) is 24.2. The molecule has 3 aromatic rings. The largest absolute Gasteiger partial charge is 0.497 e. The van der Waals surface area contributed by atoms with Gasteiger partial charge in [0.05, 0.1) is 17.7 Å². The van der Waals surface area contributed by atoms with Gasteiger partial charge in [0.2, 0.25) is 0 Å². The van der Waals surface area contributed by atoms with Crippen molar-refractivity contribution in [1.29, 1.82) is 5.26 Å². The molecule has 0 unspecified atom stereocenters. The van der Waals surface area contributed by atoms with Gasteiger partial charge in [-0.05, 0) is 79.1 Å². The van der Waals surface area contributed by atoms with Crippen LogP contribution < -0.4 is 9.04 Å². The Kier molecular flexibility index (Phi) is 7.22. The van der Waals surface area contributed by atoms with Crippen LogP contribution in [0, 0.1) is 25.2 Å². The minimum Gasteiger partial charge on any atom is -0.497 e. The van der Waals surface area contributed by atoms with E-state index in [4.69, 9.17) is 16.3 Å². The number of amides is 1. The molecule has 0 aliphatic heterocycles. The van der Waals surface area contributed by atoms with Crippen LogP contribution in [0.25, 0.3) is 6.08 Å². The van der Waals surface area contributed by atoms with Crippen LogP contribution in [0.1, 0.15) is 16.7 Å². The van der Waals surface area contributed by atoms with Gasteiger partial charge in [-0.3, -0.25) is 4.79 Å². The average molecular weight is 481 g/mol. The standard InChI is InChI=1S/C25H21ClN2O4S/c1-17-4-5-18(2)24(14-17)28(33(30,31)23-12-8-21(26)9-13-23)25(29)20(16-27)15-19-6-10-22(32-3)11-7-19/h4-15H,1-3H3/b20-15+. The van der Waals surface area contributed by atoms with Gasteiger partial charge >= 0.3 is 0 Å². The van der Waals surface area contributed by atoms with Gasteiger partial charge in [-0.2, -0.15) is 9.57 Å². The van der Waals surface area contributed by atoms with Crippen LogP contribution in [0.15, 0.2) is 77.2 Å². The van der Waals surface area contributed by atoms with Gasteiger partial charge in [0, 0.05) is 5.02 Å². The third kappa shape index (κ3) is 5.25. The van der Waals surface area contributed by atoms with E-state index in [1.54, 1.807) is 50.2 Å². The number of benzene rings is 3. The summed E-state index contributed by atoms with van der Waals surface area (Å²) in [5.74, 6) is -0.351. The Labute approximate surface area is 198 Å². The van der Waals surface area contributed by atoms with Crippen molar-refractivity contribution in [2.24, 2.45) is 0 Å². The third-order valence-electron chi connectivity index (χ3n) is 4.90. The van der Waals surface area contributed by atoms with Crippen molar-refractivity contribution in [3.63, 3.8) is 0 Å². The van der Waals surface area contributed by atoms with Crippen molar-refractivity contribution < 1.29 is 17.9 Å². The van der Waals surface area contributed by atoms with E-state index in [0.29, 0.717) is 26.2 Å². The SMILES string of the molecule is COc1ccc(/C=C(\C#N)C(=O)N(c2cc(C)ccc2C)S(=O)(=O)c2ccc(Cl)cc2)cc1. The molecule has 33 heavy (non-hydrogen) atoms. The average Bonchev–Trinajstić information content (AvgIpc) is 2.80. The first-order chi connectivity index (χ1) is 15.7. The Morgan fingerprint density at radius 2 is 1.67 bits per heavy atom. The van der Waals surface area contributed by atoms with E-state index in [0.717, 1.165) is 5.56 Å². The fraction of sp³-hybridized carbons (Fsp3) is 0.120. The van der Waals surface area contributed by atoms with E-state index in [-0.39, 0.29) is 16.2 Å². The van der Waals surface area contributed by atoms with E-state index in [9.17, 15) is 18.5 Å². The summed E-state index contributed by atoms with van der Waals surface area (Å²) in [5.41, 5.74) is 1.71. The molecular weight excluding hydrogens is 460 g/mol. The third-order valence-corrected chi connectivity index (χ3v) is 6.86. The zero-order valence-electron chi connectivity index (χ0n) is 18.2. The van der Waals surface area contributed by atoms with Crippen LogP contribution in [0.4, 0.5) is 5.69 Å². The van der Waals surface area contributed by atoms with Crippen molar-refractivity contribution >= 4 is 39.3 Å². The second-order valence-corrected chi connectivity index (χ2v) is 9.48. The first-order valence-electron chi connectivity index (χ1n) is 9.85. The number of sulfonamides is 1. The Bertz CT molecular complexity index is 1360. The van der Waals surface area contributed by atoms with Crippen LogP contribution in [-0.2, 0) is 14.8 Å². The van der Waals surface area contributed by atoms with Crippen molar-refractivity contribution in [3.05, 3.63) is 94.0 Å². The number of nitrogens with zero attached hydrogens (tertiary/aromatic N) is 2. The monoisotopic (exact) mass is 480 g/mol. The molecular formula is C25H21ClN2O4S. The van der Waals surface area contributed by atoms with Gasteiger partial charge < -0.3 is 4.74 Å². The molecule has 1 amide bonds. The molecule has 0 saturated heterocycles. The summed E-state index contributed by atoms with van der Waals surface area (Å²) >= 11 is 5.92. The first-order valence-corrected chi connectivity index (χ1v) is 11.7. The van der Waals surface area contributed by atoms with E-state index in [1.807, 2.05) is 12.1 Å². The van der Waals surface area contributed by atoms with Crippen LogP contribution in [0.5, 0.6) is 5.75 Å². The fourth-order valence-electron chi connectivity index (χ4n) is 3.12. The zero-order valence-corrected chi connectivity index (χ0v) is 19.8. The maximum atomic E-state index is 13.6. The van der Waals surface area contributed by atoms with Gasteiger partial charge in [-0.15, -0.1) is 0 Å². The van der Waals surface area contributed by atoms with Crippen molar-refractivity contribution in [2.75, 3.05) is 11.4 Å². The van der Waals surface area contributed by atoms with Gasteiger partial charge in [-0.1, -0.05) is 35.9 Å². The normalized spacial score (nSPS) is 11.5. The van der Waals surface area contributed by atoms with Gasteiger partial charge in [0.25, 0.3) is 15.9 Å². The number of ether oxygens (including phenoxy) is 1. The molecule has 0 aromatic heterocycles. The lowest BCUT2D eigenvalue weighted by Crippen LogP contribution is -2.38. The predicted octanol–water partition coefficient (Wildman–Crippen LogP) is 5.29. The maximum absolute atomic E-state index is 13.6. The number of rotatable bonds is 6. The fourth-order valence-corrected chi connectivity index (χ4v) is 4.71. The summed E-state index contributed by atoms with van der Waals surface area (Å²) in [6.07, 6.45) is 1.34. The molecule has 0 N–H and O–H groups in total. The Balaban J connectivity index is 2.18. The van der Waals surface area contributed by atoms with Crippen molar-refractivity contribution in [3.8, 4) is 11.8 Å². The topological polar surface area (TPSA) is 87.5 Å². The molecule has 3 aromatic carbocycles. The molecule has 0 heterocycles. The lowest BCUT2D eigenvalue weighted by atomic mass is 10.1. The minimum absolute atomic E-state index is 0.122. The van der Waals surface area contributed by atoms with Crippen LogP contribution in [0.2, 0.25) is 5.02 Å². The second-order valence-electron chi connectivity index (χ2n) is 7.26. The number of aryl methyl sites for hydroxylation is 2. The highest BCUT2D eigenvalue weighted by Crippen LogP contribution is 2.30. The highest BCUT2D eigenvalue weighted by molar-refractivity contribution is 7.93. The molecule has 168 valence electrons. The van der Waals surface area contributed by atoms with Crippen LogP contribution in [0.3, 0.4) is 0 Å². The quantitative estimate of drug-likeness (QED) is 0.353. The molecule has 0 saturated carbocycles. The van der Waals surface area contributed by atoms with Gasteiger partial charge in [0.15, 0.2) is 0 Å². The Morgan fingerprint density at radius 3 is 2.24 bits per heavy atom. The number of carbonyl (C=O) groups excluding carboxylic acids is 1. The molecule has 0 aliphatic carbocycles. The summed E-state index contributed by atoms with van der Waals surface area (Å²) in [6, 6.07) is 19.2. The smallest absolute Gasteiger partial charge is 0.282 e. The van der Waals surface area contributed by atoms with E-state index >= 15 is 0 Å². The highest BCUT2D eigenvalue weighted by Gasteiger charge is 2.34. The molecule has 0 atom stereocenters. The number of anilines is 1. The molecule has 8 heteroatoms. The molecule has 0 spiro atoms. The molecule has 0 aliphatic rings. The van der Waals surface area contributed by atoms with Crippen molar-refractivity contribution in [1.82, 2.24) is 0 Å². The van der Waals surface area contributed by atoms with Gasteiger partial charge in [0.1, 0.15) is 17.4 Å². The Hall–Kier alpha value is -3.60. The molecule has 0 fully saturated rings. The molecule has 0 radical (unpaired) electrons. The number of methoxy groups -OCH3 is 1. The number of nitriles is 1. The van der Waals surface area contributed by atoms with E-state index in [2.05, 4.69) is 0 Å². The van der Waals surface area contributed by atoms with E-state index < -0.39 is 15.9 Å². The highest BCUT2D eigenvalue weighted by atomic mass is 35.5. The number of hydrogen-bond donors (Lipinski definition) is 0. The lowest BCUT2D eigenvalue weighted by molar-refractivity contribution is -0.113. The van der Waals surface area contributed by atoms with Crippen LogP contribution in [-0.4, -0.2) is 21.4 Å². The summed E-state index contributed by atoms with van der Waals surface area (Å²) in [6.45, 7) is 3.49. The summed E-state index contributed by atoms with van der Waals surface area (Å²) in [5, 5.41) is 10.1. The summed E-state index contributed by atoms with van der Waals surface area (Å²) in [4.78, 5) is 13.4. The minimum atomic E-state index is -4.35. The van der Waals surface area contributed by atoms with Gasteiger partial charge in [-0.25, -0.2) is 8.42 Å². The number of carbonyl (C=O) groups is 1. The molecule has 6 nitrogen and oxygen atoms in total. The second kappa shape index (κ2) is 9.90. The van der Waals surface area contributed by atoms with E-state index in [1.165, 1.54) is 37.5 Å². The first kappa shape index (κ1) is 24.1. The molecule has 0 bridgehead atoms. The number of halogens is 1. The summed E-state index contributed by atoms with van der Waals surface area (Å²) < 4.78 is 33.0. The van der Waals surface area contributed by atoms with Crippen LogP contribution >= 0.6 is 11.6 Å². The lowest BCUT2D eigenvalue weighted by Gasteiger charge is -2.24. The van der Waals surface area contributed by atoms with Crippen molar-refractivity contribution in [2.45, 2.75) is 18.7 Å².